The van der Waals surface area contributed by atoms with E-state index in [2.05, 4.69) is 31.1 Å². The number of fused-ring (bicyclic) bond motifs is 2. The molecule has 3 heteroatoms. The molecule has 0 aromatic carbocycles. The van der Waals surface area contributed by atoms with E-state index in [1.165, 1.54) is 24.8 Å². The van der Waals surface area contributed by atoms with Crippen LogP contribution in [0.2, 0.25) is 0 Å². The van der Waals surface area contributed by atoms with Gasteiger partial charge in [-0.25, -0.2) is 4.98 Å². The van der Waals surface area contributed by atoms with Gasteiger partial charge in [-0.15, -0.1) is 11.8 Å². The van der Waals surface area contributed by atoms with Crippen LogP contribution in [-0.2, 0) is 0 Å². The Bertz CT molecular complexity index is 614. The zero-order valence-corrected chi connectivity index (χ0v) is 13.9. The van der Waals surface area contributed by atoms with Crippen LogP contribution in [-0.4, -0.2) is 10.7 Å². The second-order valence-electron chi connectivity index (χ2n) is 6.71. The summed E-state index contributed by atoms with van der Waals surface area (Å²) in [5.41, 5.74) is 2.63. The summed E-state index contributed by atoms with van der Waals surface area (Å²) >= 11 is 1.74. The molecule has 3 aliphatic carbocycles. The third-order valence-electron chi connectivity index (χ3n) is 5.47. The van der Waals surface area contributed by atoms with Gasteiger partial charge >= 0.3 is 0 Å². The van der Waals surface area contributed by atoms with Gasteiger partial charge in [-0.3, -0.25) is 0 Å². The molecule has 2 unspecified atom stereocenters. The maximum absolute atomic E-state index is 8.83. The number of nitriles is 1. The normalized spacial score (nSPS) is 29.3. The van der Waals surface area contributed by atoms with Gasteiger partial charge in [-0.2, -0.15) is 5.26 Å². The van der Waals surface area contributed by atoms with Crippen molar-refractivity contribution >= 4 is 17.3 Å². The molecule has 4 rings (SSSR count). The highest BCUT2D eigenvalue weighted by Gasteiger charge is 2.44. The van der Waals surface area contributed by atoms with Crippen molar-refractivity contribution in [3.05, 3.63) is 42.6 Å². The minimum atomic E-state index is 0.462. The molecule has 0 spiro atoms. The summed E-state index contributed by atoms with van der Waals surface area (Å²) in [6.45, 7) is 10.4. The van der Waals surface area contributed by atoms with Gasteiger partial charge in [-0.1, -0.05) is 25.7 Å². The second kappa shape index (κ2) is 6.30. The molecular formula is C19H22N2S. The number of nitrogens with zero attached hydrogens (tertiary/aromatic N) is 2. The fourth-order valence-corrected chi connectivity index (χ4v) is 4.64. The molecule has 2 bridgehead atoms. The molecule has 3 saturated carbocycles. The lowest BCUT2D eigenvalue weighted by Crippen LogP contribution is -2.42. The molecule has 1 aromatic rings. The lowest BCUT2D eigenvalue weighted by molar-refractivity contribution is 0.00354. The summed E-state index contributed by atoms with van der Waals surface area (Å²) in [5, 5.41) is 9.82. The number of hydrogen-bond donors (Lipinski definition) is 0. The van der Waals surface area contributed by atoms with Crippen molar-refractivity contribution in [1.82, 2.24) is 4.98 Å². The lowest BCUT2D eigenvalue weighted by Gasteiger charge is -2.51. The molecule has 0 saturated heterocycles. The molecule has 114 valence electrons. The summed E-state index contributed by atoms with van der Waals surface area (Å²) in [4.78, 5) is 4.41. The molecule has 2 atom stereocenters. The molecular weight excluding hydrogens is 288 g/mol. The summed E-state index contributed by atoms with van der Waals surface area (Å²) in [5.74, 6) is 4.49. The zero-order chi connectivity index (χ0) is 15.7. The van der Waals surface area contributed by atoms with E-state index in [0.29, 0.717) is 11.5 Å². The Hall–Kier alpha value is -1.53. The van der Waals surface area contributed by atoms with Crippen molar-refractivity contribution in [2.75, 3.05) is 5.75 Å². The van der Waals surface area contributed by atoms with E-state index in [9.17, 15) is 0 Å². The van der Waals surface area contributed by atoms with Gasteiger partial charge in [0.1, 0.15) is 0 Å². The van der Waals surface area contributed by atoms with Crippen molar-refractivity contribution < 1.29 is 0 Å². The topological polar surface area (TPSA) is 36.7 Å². The number of thioether (sulfide) groups is 1. The summed E-state index contributed by atoms with van der Waals surface area (Å²) < 4.78 is 0. The number of allylic oxidation sites excluding steroid dienone is 1. The van der Waals surface area contributed by atoms with Crippen molar-refractivity contribution in [3.63, 3.8) is 0 Å². The Balaban J connectivity index is 1.51. The summed E-state index contributed by atoms with van der Waals surface area (Å²) in [6.07, 6.45) is 5.86. The molecule has 2 nitrogen and oxygen atoms in total. The van der Waals surface area contributed by atoms with Crippen LogP contribution >= 0.6 is 11.8 Å². The minimum absolute atomic E-state index is 0.462. The standard InChI is InChI=1S/C19H22N2S/c1-12(9-20)15-4-5-19(21-10-15)22-11-13(2)16-6-17-8-18(7-16)14(17)3/h4-5,10,14,16-18H,1-2,6-8,11H2,3H3. The third-order valence-corrected chi connectivity index (χ3v) is 6.52. The van der Waals surface area contributed by atoms with Crippen LogP contribution in [0.25, 0.3) is 5.57 Å². The largest absolute Gasteiger partial charge is 0.249 e. The third kappa shape index (κ3) is 2.98. The first kappa shape index (κ1) is 15.4. The summed E-state index contributed by atoms with van der Waals surface area (Å²) in [6, 6.07) is 5.94. The second-order valence-corrected chi connectivity index (χ2v) is 7.70. The number of hydrogen-bond acceptors (Lipinski definition) is 3. The van der Waals surface area contributed by atoms with E-state index >= 15 is 0 Å². The smallest absolute Gasteiger partial charge is 0.0992 e. The SMILES string of the molecule is C=C(C#N)c1ccc(SCC(=C)C2CC3CC(C2)C3C)nc1. The monoisotopic (exact) mass is 310 g/mol. The van der Waals surface area contributed by atoms with Crippen molar-refractivity contribution in [2.24, 2.45) is 23.7 Å². The Morgan fingerprint density at radius 1 is 1.32 bits per heavy atom. The van der Waals surface area contributed by atoms with Gasteiger partial charge in [0, 0.05) is 17.5 Å². The van der Waals surface area contributed by atoms with E-state index in [4.69, 9.17) is 5.26 Å². The first-order valence-corrected chi connectivity index (χ1v) is 8.93. The lowest BCUT2D eigenvalue weighted by atomic mass is 9.54. The van der Waals surface area contributed by atoms with Crippen LogP contribution in [0, 0.1) is 35.0 Å². The van der Waals surface area contributed by atoms with Crippen LogP contribution in [0.4, 0.5) is 0 Å². The molecule has 1 aromatic heterocycles. The molecule has 0 N–H and O–H groups in total. The van der Waals surface area contributed by atoms with E-state index in [0.717, 1.165) is 34.1 Å². The maximum Gasteiger partial charge on any atom is 0.0992 e. The van der Waals surface area contributed by atoms with Crippen molar-refractivity contribution in [1.29, 1.82) is 5.26 Å². The van der Waals surface area contributed by atoms with E-state index < -0.39 is 0 Å². The fraction of sp³-hybridized carbons (Fsp3) is 0.474. The number of pyridine rings is 1. The maximum atomic E-state index is 8.83. The quantitative estimate of drug-likeness (QED) is 0.438. The first-order chi connectivity index (χ1) is 10.6. The predicted molar refractivity (Wildman–Crippen MR) is 92.2 cm³/mol. The highest BCUT2D eigenvalue weighted by atomic mass is 32.2. The molecule has 0 amide bonds. The molecule has 3 fully saturated rings. The van der Waals surface area contributed by atoms with E-state index in [1.54, 1.807) is 18.0 Å². The van der Waals surface area contributed by atoms with Crippen LogP contribution in [0.5, 0.6) is 0 Å². The van der Waals surface area contributed by atoms with Crippen LogP contribution in [0.1, 0.15) is 31.7 Å². The molecule has 0 radical (unpaired) electrons. The number of aromatic nitrogens is 1. The Morgan fingerprint density at radius 3 is 2.59 bits per heavy atom. The molecule has 3 aliphatic rings. The molecule has 22 heavy (non-hydrogen) atoms. The Labute approximate surface area is 137 Å². The van der Waals surface area contributed by atoms with Crippen molar-refractivity contribution in [2.45, 2.75) is 31.2 Å². The van der Waals surface area contributed by atoms with Crippen molar-refractivity contribution in [3.8, 4) is 6.07 Å². The van der Waals surface area contributed by atoms with Gasteiger partial charge in [0.2, 0.25) is 0 Å². The first-order valence-electron chi connectivity index (χ1n) is 7.94. The Kier molecular flexibility index (Phi) is 4.40. The van der Waals surface area contributed by atoms with Gasteiger partial charge < -0.3 is 0 Å². The van der Waals surface area contributed by atoms with E-state index in [1.807, 2.05) is 12.1 Å². The van der Waals surface area contributed by atoms with Gasteiger partial charge in [-0.05, 0) is 55.1 Å². The van der Waals surface area contributed by atoms with Crippen LogP contribution in [0.15, 0.2) is 42.1 Å². The average Bonchev–Trinajstić information content (AvgIpc) is 2.58. The highest BCUT2D eigenvalue weighted by Crippen LogP contribution is 2.54. The van der Waals surface area contributed by atoms with Crippen LogP contribution < -0.4 is 0 Å². The highest BCUT2D eigenvalue weighted by molar-refractivity contribution is 7.99. The molecule has 1 heterocycles. The van der Waals surface area contributed by atoms with Gasteiger partial charge in [0.15, 0.2) is 0 Å². The average molecular weight is 310 g/mol. The Morgan fingerprint density at radius 2 is 2.05 bits per heavy atom. The van der Waals surface area contributed by atoms with Crippen LogP contribution in [0.3, 0.4) is 0 Å². The zero-order valence-electron chi connectivity index (χ0n) is 13.1. The minimum Gasteiger partial charge on any atom is -0.249 e. The predicted octanol–water partition coefficient (Wildman–Crippen LogP) is 4.95. The summed E-state index contributed by atoms with van der Waals surface area (Å²) in [7, 11) is 0. The van der Waals surface area contributed by atoms with E-state index in [-0.39, 0.29) is 0 Å². The molecule has 0 aliphatic heterocycles. The van der Waals surface area contributed by atoms with Gasteiger partial charge in [0.25, 0.3) is 0 Å². The number of rotatable bonds is 5. The van der Waals surface area contributed by atoms with Gasteiger partial charge in [0.05, 0.1) is 16.7 Å². The fourth-order valence-electron chi connectivity index (χ4n) is 3.78.